The van der Waals surface area contributed by atoms with Crippen molar-refractivity contribution in [1.29, 1.82) is 0 Å². The summed E-state index contributed by atoms with van der Waals surface area (Å²) in [7, 11) is 16.5. The van der Waals surface area contributed by atoms with Gasteiger partial charge in [0.1, 0.15) is 11.6 Å². The first-order valence-corrected chi connectivity index (χ1v) is 12.1. The van der Waals surface area contributed by atoms with Gasteiger partial charge >= 0.3 is 0 Å². The molecule has 4 rings (SSSR count). The number of hydrogen-bond acceptors (Lipinski definition) is 5. The number of allylic oxidation sites excluding steroid dienone is 6. The zero-order chi connectivity index (χ0) is 26.1. The van der Waals surface area contributed by atoms with Gasteiger partial charge in [0.15, 0.2) is 5.78 Å². The minimum absolute atomic E-state index is 0.0303. The molecular formula is C31H36N4O. The van der Waals surface area contributed by atoms with Crippen molar-refractivity contribution in [2.45, 2.75) is 0 Å². The number of carbonyl (C=O) groups is 1. The molecule has 2 aromatic rings. The molecule has 2 aliphatic rings. The SMILES string of the molecule is CN(C)C(=c1ccc(=C2C(=C3C=CC(=O)C=C3)C2=c2ccc(=C(N(C)C)N(C)C)cc2)cc1)N(C)C. The average molecular weight is 481 g/mol. The number of hydrogen-bond donors (Lipinski definition) is 0. The second kappa shape index (κ2) is 9.94. The van der Waals surface area contributed by atoms with Crippen LogP contribution in [-0.2, 0) is 4.79 Å². The van der Waals surface area contributed by atoms with Crippen LogP contribution in [0.15, 0.2) is 84.0 Å². The third-order valence-corrected chi connectivity index (χ3v) is 6.39. The van der Waals surface area contributed by atoms with Crippen LogP contribution in [0.4, 0.5) is 0 Å². The van der Waals surface area contributed by atoms with E-state index in [1.165, 1.54) is 37.6 Å². The molecule has 2 aliphatic carbocycles. The predicted molar refractivity (Wildman–Crippen MR) is 150 cm³/mol. The summed E-state index contributed by atoms with van der Waals surface area (Å²) in [5.41, 5.74) is 4.78. The van der Waals surface area contributed by atoms with E-state index in [9.17, 15) is 4.79 Å². The highest BCUT2D eigenvalue weighted by Gasteiger charge is 2.33. The molecule has 0 unspecified atom stereocenters. The van der Waals surface area contributed by atoms with Crippen LogP contribution in [0.2, 0.25) is 0 Å². The molecule has 0 spiro atoms. The van der Waals surface area contributed by atoms with Gasteiger partial charge in [0.2, 0.25) is 0 Å². The number of carbonyl (C=O) groups excluding carboxylic acids is 1. The maximum absolute atomic E-state index is 11.7. The first-order chi connectivity index (χ1) is 17.1. The molecule has 5 heteroatoms. The summed E-state index contributed by atoms with van der Waals surface area (Å²) < 4.78 is 0. The molecule has 186 valence electrons. The number of rotatable bonds is 4. The number of benzene rings is 2. The Morgan fingerprint density at radius 3 is 1.11 bits per heavy atom. The Balaban J connectivity index is 1.97. The number of ketones is 1. The van der Waals surface area contributed by atoms with Gasteiger partial charge in [0, 0.05) is 66.8 Å². The third-order valence-electron chi connectivity index (χ3n) is 6.39. The molecule has 36 heavy (non-hydrogen) atoms. The van der Waals surface area contributed by atoms with Crippen LogP contribution in [0, 0.1) is 0 Å². The molecule has 0 N–H and O–H groups in total. The van der Waals surface area contributed by atoms with E-state index in [4.69, 9.17) is 0 Å². The van der Waals surface area contributed by atoms with Gasteiger partial charge in [-0.15, -0.1) is 0 Å². The summed E-state index contributed by atoms with van der Waals surface area (Å²) >= 11 is 0. The lowest BCUT2D eigenvalue weighted by Crippen LogP contribution is -2.30. The molecule has 0 amide bonds. The molecular weight excluding hydrogens is 444 g/mol. The van der Waals surface area contributed by atoms with Crippen LogP contribution in [0.25, 0.3) is 22.8 Å². The van der Waals surface area contributed by atoms with Crippen LogP contribution in [0.3, 0.4) is 0 Å². The molecule has 0 heterocycles. The van der Waals surface area contributed by atoms with Gasteiger partial charge in [-0.25, -0.2) is 0 Å². The fourth-order valence-electron chi connectivity index (χ4n) is 5.08. The minimum Gasteiger partial charge on any atom is -0.364 e. The van der Waals surface area contributed by atoms with Gasteiger partial charge < -0.3 is 19.6 Å². The van der Waals surface area contributed by atoms with Crippen molar-refractivity contribution < 1.29 is 4.79 Å². The van der Waals surface area contributed by atoms with E-state index in [-0.39, 0.29) is 5.78 Å². The maximum atomic E-state index is 11.7. The Morgan fingerprint density at radius 2 is 0.806 bits per heavy atom. The maximum Gasteiger partial charge on any atom is 0.178 e. The second-order valence-corrected chi connectivity index (χ2v) is 10.0. The molecule has 0 atom stereocenters. The van der Waals surface area contributed by atoms with Gasteiger partial charge in [0.25, 0.3) is 0 Å². The summed E-state index contributed by atoms with van der Waals surface area (Å²) in [5, 5.41) is 4.72. The fraction of sp³-hybridized carbons (Fsp3) is 0.258. The molecule has 2 aromatic carbocycles. The molecule has 1 saturated carbocycles. The highest BCUT2D eigenvalue weighted by atomic mass is 16.1. The Labute approximate surface area is 214 Å². The molecule has 0 aliphatic heterocycles. The van der Waals surface area contributed by atoms with Crippen molar-refractivity contribution in [3.05, 3.63) is 105 Å². The molecule has 0 bridgehead atoms. The van der Waals surface area contributed by atoms with Crippen molar-refractivity contribution >= 4 is 28.6 Å². The van der Waals surface area contributed by atoms with E-state index in [0.717, 1.165) is 17.2 Å². The summed E-state index contributed by atoms with van der Waals surface area (Å²) in [6.45, 7) is 0. The molecule has 0 radical (unpaired) electrons. The Hall–Kier alpha value is -3.99. The molecule has 0 saturated heterocycles. The zero-order valence-corrected chi connectivity index (χ0v) is 22.6. The smallest absolute Gasteiger partial charge is 0.178 e. The largest absolute Gasteiger partial charge is 0.364 e. The first-order valence-electron chi connectivity index (χ1n) is 12.1. The average Bonchev–Trinajstić information content (AvgIpc) is 3.55. The van der Waals surface area contributed by atoms with Crippen molar-refractivity contribution in [1.82, 2.24) is 19.6 Å². The van der Waals surface area contributed by atoms with Gasteiger partial charge in [-0.1, -0.05) is 60.7 Å². The van der Waals surface area contributed by atoms with Crippen LogP contribution in [-0.4, -0.2) is 81.8 Å². The zero-order valence-electron chi connectivity index (χ0n) is 22.6. The van der Waals surface area contributed by atoms with Crippen LogP contribution in [0.5, 0.6) is 0 Å². The van der Waals surface area contributed by atoms with Crippen molar-refractivity contribution in [3.8, 4) is 0 Å². The van der Waals surface area contributed by atoms with E-state index < -0.39 is 0 Å². The molecule has 5 nitrogen and oxygen atoms in total. The highest BCUT2D eigenvalue weighted by Crippen LogP contribution is 2.49. The van der Waals surface area contributed by atoms with E-state index in [2.05, 4.69) is 125 Å². The topological polar surface area (TPSA) is 30.0 Å². The van der Waals surface area contributed by atoms with E-state index in [1.807, 2.05) is 12.2 Å². The normalized spacial score (nSPS) is 14.3. The van der Waals surface area contributed by atoms with Crippen molar-refractivity contribution in [2.24, 2.45) is 0 Å². The summed E-state index contributed by atoms with van der Waals surface area (Å²) in [6, 6.07) is 17.5. The van der Waals surface area contributed by atoms with Crippen LogP contribution < -0.4 is 20.9 Å². The Morgan fingerprint density at radius 1 is 0.472 bits per heavy atom. The number of nitrogens with zero attached hydrogens (tertiary/aromatic N) is 4. The van der Waals surface area contributed by atoms with E-state index in [0.29, 0.717) is 0 Å². The van der Waals surface area contributed by atoms with Crippen molar-refractivity contribution in [2.75, 3.05) is 56.4 Å². The van der Waals surface area contributed by atoms with Gasteiger partial charge in [-0.3, -0.25) is 4.79 Å². The van der Waals surface area contributed by atoms with Crippen molar-refractivity contribution in [3.63, 3.8) is 0 Å². The molecule has 1 fully saturated rings. The first kappa shape index (κ1) is 25.1. The lowest BCUT2D eigenvalue weighted by atomic mass is 10.1. The van der Waals surface area contributed by atoms with Gasteiger partial charge in [0.05, 0.1) is 0 Å². The summed E-state index contributed by atoms with van der Waals surface area (Å²) in [5.74, 6) is 2.35. The van der Waals surface area contributed by atoms with Gasteiger partial charge in [-0.2, -0.15) is 0 Å². The van der Waals surface area contributed by atoms with E-state index >= 15 is 0 Å². The lowest BCUT2D eigenvalue weighted by Gasteiger charge is -2.24. The predicted octanol–water partition coefficient (Wildman–Crippen LogP) is 1.07. The Kier molecular flexibility index (Phi) is 6.93. The lowest BCUT2D eigenvalue weighted by molar-refractivity contribution is -0.110. The fourth-order valence-corrected chi connectivity index (χ4v) is 5.08. The standard InChI is InChI=1S/C31H36N4O/c1-32(2)30(33(3)4)24-13-9-21(10-14-24)27-28(29(27)23-17-19-26(36)20-18-23)22-11-15-25(16-12-22)31(34(5)6)35(7)8/h9-20H,1-8H3. The molecule has 0 aromatic heterocycles. The van der Waals surface area contributed by atoms with Crippen LogP contribution >= 0.6 is 0 Å². The Bertz CT molecular complexity index is 1370. The second-order valence-electron chi connectivity index (χ2n) is 10.0. The summed E-state index contributed by atoms with van der Waals surface area (Å²) in [6.07, 6.45) is 7.16. The summed E-state index contributed by atoms with van der Waals surface area (Å²) in [4.78, 5) is 20.3. The third kappa shape index (κ3) is 4.87. The monoisotopic (exact) mass is 480 g/mol. The van der Waals surface area contributed by atoms with Gasteiger partial charge in [-0.05, 0) is 44.9 Å². The minimum atomic E-state index is 0.0303. The van der Waals surface area contributed by atoms with Crippen LogP contribution in [0.1, 0.15) is 0 Å². The highest BCUT2D eigenvalue weighted by molar-refractivity contribution is 6.29. The quantitative estimate of drug-likeness (QED) is 0.654. The van der Waals surface area contributed by atoms with E-state index in [1.54, 1.807) is 12.2 Å².